The zero-order valence-corrected chi connectivity index (χ0v) is 13.6. The van der Waals surface area contributed by atoms with Crippen molar-refractivity contribution in [2.45, 2.75) is 20.8 Å². The van der Waals surface area contributed by atoms with Gasteiger partial charge in [0, 0.05) is 24.1 Å². The van der Waals surface area contributed by atoms with E-state index in [-0.39, 0.29) is 10.9 Å². The van der Waals surface area contributed by atoms with Gasteiger partial charge in [0.15, 0.2) is 0 Å². The quantitative estimate of drug-likeness (QED) is 0.363. The van der Waals surface area contributed by atoms with E-state index >= 15 is 0 Å². The lowest BCUT2D eigenvalue weighted by Crippen LogP contribution is -2.50. The van der Waals surface area contributed by atoms with Crippen LogP contribution in [0.3, 0.4) is 0 Å². The summed E-state index contributed by atoms with van der Waals surface area (Å²) in [4.78, 5) is -0.237. The summed E-state index contributed by atoms with van der Waals surface area (Å²) in [6.07, 6.45) is 3.22. The van der Waals surface area contributed by atoms with E-state index in [4.69, 9.17) is 11.6 Å². The molecule has 0 saturated heterocycles. The van der Waals surface area contributed by atoms with Gasteiger partial charge in [0.05, 0.1) is 5.88 Å². The summed E-state index contributed by atoms with van der Waals surface area (Å²) in [6, 6.07) is 5.43. The van der Waals surface area contributed by atoms with Crippen LogP contribution in [0.15, 0.2) is 41.6 Å². The summed E-state index contributed by atoms with van der Waals surface area (Å²) >= 11 is 5.81. The lowest BCUT2D eigenvalue weighted by atomic mass is 10.1. The Bertz CT molecular complexity index is 785. The van der Waals surface area contributed by atoms with Crippen LogP contribution in [0, 0.1) is 19.1 Å². The number of hydrogen-bond donors (Lipinski definition) is 0. The predicted molar refractivity (Wildman–Crippen MR) is 87.6 cm³/mol. The Labute approximate surface area is 130 Å². The van der Waals surface area contributed by atoms with Crippen LogP contribution in [0.5, 0.6) is 0 Å². The summed E-state index contributed by atoms with van der Waals surface area (Å²) in [7, 11) is -2.65. The van der Waals surface area contributed by atoms with Gasteiger partial charge in [-0.1, -0.05) is 12.1 Å². The van der Waals surface area contributed by atoms with Gasteiger partial charge in [0.2, 0.25) is 0 Å². The van der Waals surface area contributed by atoms with Crippen LogP contribution < -0.4 is 4.65 Å². The van der Waals surface area contributed by atoms with Gasteiger partial charge in [-0.3, -0.25) is 4.65 Å². The monoisotopic (exact) mass is 325 g/mol. The van der Waals surface area contributed by atoms with E-state index in [1.54, 1.807) is 32.1 Å². The minimum absolute atomic E-state index is 0.0276. The van der Waals surface area contributed by atoms with Gasteiger partial charge in [-0.25, -0.2) is 0 Å². The number of quaternary nitrogens is 1. The van der Waals surface area contributed by atoms with E-state index in [0.717, 1.165) is 11.1 Å². The molecule has 1 unspecified atom stereocenters. The van der Waals surface area contributed by atoms with Crippen molar-refractivity contribution in [2.24, 2.45) is 0 Å². The van der Waals surface area contributed by atoms with E-state index < -0.39 is 14.9 Å². The minimum Gasteiger partial charge on any atom is -0.616 e. The number of nitrogens with zero attached hydrogens (tertiary/aromatic N) is 1. The van der Waals surface area contributed by atoms with Crippen LogP contribution in [0.4, 0.5) is 5.69 Å². The maximum Gasteiger partial charge on any atom is 0.277 e. The van der Waals surface area contributed by atoms with E-state index in [9.17, 15) is 13.6 Å². The average molecular weight is 326 g/mol. The Kier molecular flexibility index (Phi) is 4.39. The highest BCUT2D eigenvalue weighted by Gasteiger charge is 2.37. The van der Waals surface area contributed by atoms with Crippen molar-refractivity contribution >= 4 is 32.6 Å². The van der Waals surface area contributed by atoms with Gasteiger partial charge in [0.1, 0.15) is 11.4 Å². The fourth-order valence-electron chi connectivity index (χ4n) is 2.43. The van der Waals surface area contributed by atoms with Crippen LogP contribution in [-0.2, 0) is 10.3 Å². The summed E-state index contributed by atoms with van der Waals surface area (Å²) < 4.78 is 22.2. The molecule has 1 aromatic carbocycles. The summed E-state index contributed by atoms with van der Waals surface area (Å²) in [6.45, 7) is 5.29. The molecule has 2 rings (SSSR count). The van der Waals surface area contributed by atoms with Crippen molar-refractivity contribution in [1.29, 1.82) is 0 Å². The number of benzene rings is 1. The molecular formula is C15H16ClNO3S. The van der Waals surface area contributed by atoms with Gasteiger partial charge in [-0.05, 0) is 31.6 Å². The SMILES string of the molecule is CC1=CC=C(CCl)C(=S(=O)=O)[N+]1([O-])c1cc(C)ccc1C. The first-order valence-electron chi connectivity index (χ1n) is 6.41. The van der Waals surface area contributed by atoms with Crippen LogP contribution in [0.1, 0.15) is 18.1 Å². The highest BCUT2D eigenvalue weighted by atomic mass is 35.5. The standard InChI is InChI=1S/C15H16ClNO3S/c1-10-4-5-11(2)14(8-10)17(18)12(3)6-7-13(9-16)15(17)21(19)20/h4-8H,9H2,1-3H3. The first-order valence-corrected chi connectivity index (χ1v) is 8.02. The van der Waals surface area contributed by atoms with E-state index in [1.807, 2.05) is 19.1 Å². The normalized spacial score (nSPS) is 21.9. The number of hydrogen-bond acceptors (Lipinski definition) is 3. The zero-order chi connectivity index (χ0) is 15.8. The van der Waals surface area contributed by atoms with Crippen LogP contribution >= 0.6 is 11.6 Å². The largest absolute Gasteiger partial charge is 0.616 e. The fraction of sp³-hybridized carbons (Fsp3) is 0.267. The zero-order valence-electron chi connectivity index (χ0n) is 12.1. The second kappa shape index (κ2) is 5.77. The number of aryl methyl sites for hydroxylation is 2. The molecule has 4 nitrogen and oxygen atoms in total. The summed E-state index contributed by atoms with van der Waals surface area (Å²) in [5, 5.41) is 13.5. The molecule has 6 heteroatoms. The molecule has 0 aromatic heterocycles. The molecule has 0 N–H and O–H groups in total. The first-order chi connectivity index (χ1) is 9.82. The molecule has 1 aliphatic heterocycles. The number of halogens is 1. The third kappa shape index (κ3) is 2.58. The molecule has 1 aliphatic rings. The number of alkyl halides is 1. The van der Waals surface area contributed by atoms with Crippen molar-refractivity contribution < 1.29 is 8.42 Å². The Balaban J connectivity index is 2.86. The molecule has 0 spiro atoms. The predicted octanol–water partition coefficient (Wildman–Crippen LogP) is 3.20. The van der Waals surface area contributed by atoms with Gasteiger partial charge >= 0.3 is 0 Å². The fourth-order valence-corrected chi connectivity index (χ4v) is 3.53. The topological polar surface area (TPSA) is 57.2 Å². The van der Waals surface area contributed by atoms with Crippen LogP contribution in [-0.4, -0.2) is 19.3 Å². The van der Waals surface area contributed by atoms with Crippen LogP contribution in [0.2, 0.25) is 0 Å². The molecule has 1 aromatic rings. The average Bonchev–Trinajstić information content (AvgIpc) is 2.43. The summed E-state index contributed by atoms with van der Waals surface area (Å²) in [5.41, 5.74) is 2.75. The van der Waals surface area contributed by atoms with Crippen molar-refractivity contribution in [3.8, 4) is 0 Å². The smallest absolute Gasteiger partial charge is 0.277 e. The molecule has 0 fully saturated rings. The molecule has 0 amide bonds. The molecule has 1 atom stereocenters. The van der Waals surface area contributed by atoms with Crippen LogP contribution in [0.25, 0.3) is 0 Å². The highest BCUT2D eigenvalue weighted by Crippen LogP contribution is 2.36. The second-order valence-electron chi connectivity index (χ2n) is 5.07. The van der Waals surface area contributed by atoms with Crippen molar-refractivity contribution in [3.63, 3.8) is 0 Å². The van der Waals surface area contributed by atoms with Gasteiger partial charge in [-0.15, -0.1) is 11.6 Å². The van der Waals surface area contributed by atoms with Crippen molar-refractivity contribution in [1.82, 2.24) is 4.65 Å². The lowest BCUT2D eigenvalue weighted by Gasteiger charge is -2.43. The molecule has 0 radical (unpaired) electrons. The Morgan fingerprint density at radius 2 is 1.86 bits per heavy atom. The number of rotatable bonds is 2. The van der Waals surface area contributed by atoms with E-state index in [0.29, 0.717) is 17.0 Å². The summed E-state index contributed by atoms with van der Waals surface area (Å²) in [5.74, 6) is -0.0276. The third-order valence-electron chi connectivity index (χ3n) is 3.59. The maximum absolute atomic E-state index is 13.5. The highest BCUT2D eigenvalue weighted by molar-refractivity contribution is 7.73. The van der Waals surface area contributed by atoms with Crippen molar-refractivity contribution in [2.75, 3.05) is 5.88 Å². The molecule has 112 valence electrons. The lowest BCUT2D eigenvalue weighted by molar-refractivity contribution is 0.617. The van der Waals surface area contributed by atoms with Gasteiger partial charge in [0.25, 0.3) is 15.3 Å². The second-order valence-corrected chi connectivity index (χ2v) is 6.20. The van der Waals surface area contributed by atoms with E-state index in [2.05, 4.69) is 0 Å². The van der Waals surface area contributed by atoms with E-state index in [1.165, 1.54) is 0 Å². The number of allylic oxidation sites excluding steroid dienone is 3. The number of hydroxylamine groups is 2. The first kappa shape index (κ1) is 16.0. The Hall–Kier alpha value is -1.40. The van der Waals surface area contributed by atoms with Gasteiger partial charge < -0.3 is 5.21 Å². The molecule has 0 saturated carbocycles. The van der Waals surface area contributed by atoms with Crippen molar-refractivity contribution in [3.05, 3.63) is 58.0 Å². The molecule has 21 heavy (non-hydrogen) atoms. The minimum atomic E-state index is -2.65. The Morgan fingerprint density at radius 1 is 1.19 bits per heavy atom. The molecule has 1 heterocycles. The van der Waals surface area contributed by atoms with Gasteiger partial charge in [-0.2, -0.15) is 8.42 Å². The molecule has 0 bridgehead atoms. The molecular weight excluding hydrogens is 310 g/mol. The Morgan fingerprint density at radius 3 is 2.43 bits per heavy atom. The maximum atomic E-state index is 13.5. The molecule has 0 aliphatic carbocycles. The third-order valence-corrected chi connectivity index (χ3v) is 4.71.